The lowest BCUT2D eigenvalue weighted by atomic mass is 10.2. The van der Waals surface area contributed by atoms with Gasteiger partial charge in [-0.05, 0) is 43.7 Å². The van der Waals surface area contributed by atoms with Crippen molar-refractivity contribution >= 4 is 23.4 Å². The van der Waals surface area contributed by atoms with Crippen LogP contribution in [0.1, 0.15) is 53.8 Å². The van der Waals surface area contributed by atoms with Gasteiger partial charge in [0.2, 0.25) is 6.41 Å². The summed E-state index contributed by atoms with van der Waals surface area (Å²) in [5.41, 5.74) is 3.18. The number of halogens is 3. The third-order valence-electron chi connectivity index (χ3n) is 5.40. The molecule has 1 fully saturated rings. The molecule has 1 saturated carbocycles. The van der Waals surface area contributed by atoms with E-state index in [9.17, 15) is 22.8 Å². The summed E-state index contributed by atoms with van der Waals surface area (Å²) < 4.78 is 46.4. The van der Waals surface area contributed by atoms with Gasteiger partial charge in [0.1, 0.15) is 11.5 Å². The Bertz CT molecular complexity index is 1160. The number of hydrogen-bond donors (Lipinski definition) is 3. The first-order chi connectivity index (χ1) is 18.6. The van der Waals surface area contributed by atoms with Crippen molar-refractivity contribution in [3.05, 3.63) is 41.0 Å². The molecule has 39 heavy (non-hydrogen) atoms. The van der Waals surface area contributed by atoms with Crippen molar-refractivity contribution < 1.29 is 32.1 Å². The molecule has 1 aliphatic carbocycles. The van der Waals surface area contributed by atoms with Crippen LogP contribution in [-0.2, 0) is 22.5 Å². The summed E-state index contributed by atoms with van der Waals surface area (Å²) in [4.78, 5) is 31.0. The van der Waals surface area contributed by atoms with Crippen molar-refractivity contribution in [3.8, 4) is 0 Å². The normalized spacial score (nSPS) is 13.0. The number of aromatic nitrogens is 4. The number of imidazole rings is 1. The molecule has 1 aliphatic rings. The number of benzene rings is 1. The molecule has 11 nitrogen and oxygen atoms in total. The van der Waals surface area contributed by atoms with E-state index < -0.39 is 12.3 Å². The van der Waals surface area contributed by atoms with Gasteiger partial charge in [0.25, 0.3) is 5.91 Å². The molecule has 0 aliphatic heterocycles. The number of H-pyrrole nitrogens is 1. The lowest BCUT2D eigenvalue weighted by Crippen LogP contribution is -2.29. The summed E-state index contributed by atoms with van der Waals surface area (Å²) in [6.45, 7) is 4.34. The highest BCUT2D eigenvalue weighted by Gasteiger charge is 2.36. The number of nitrogens with one attached hydrogen (secondary N) is 3. The number of carbonyl (C=O) groups is 2. The van der Waals surface area contributed by atoms with Gasteiger partial charge in [-0.15, -0.1) is 0 Å². The highest BCUT2D eigenvalue weighted by molar-refractivity contribution is 5.92. The fourth-order valence-corrected chi connectivity index (χ4v) is 2.97. The summed E-state index contributed by atoms with van der Waals surface area (Å²) in [7, 11) is 3.34. The zero-order valence-electron chi connectivity index (χ0n) is 22.6. The predicted octanol–water partition coefficient (Wildman–Crippen LogP) is 3.16. The fraction of sp³-hybridized carbons (Fsp3) is 0.560. The summed E-state index contributed by atoms with van der Waals surface area (Å²) in [5.74, 6) is 0.285. The van der Waals surface area contributed by atoms with E-state index in [4.69, 9.17) is 4.74 Å². The molecule has 3 aromatic rings. The number of likely N-dealkylation sites (N-methyl/N-ethyl adjacent to an activating group) is 1. The van der Waals surface area contributed by atoms with Gasteiger partial charge < -0.3 is 25.3 Å². The molecule has 0 radical (unpaired) electrons. The molecule has 0 spiro atoms. The first kappa shape index (κ1) is 31.7. The minimum absolute atomic E-state index is 0.0731. The van der Waals surface area contributed by atoms with Crippen molar-refractivity contribution in [1.29, 1.82) is 0 Å². The number of carbonyl (C=O) groups excluding carboxylic acids is 2. The topological polar surface area (TPSA) is 138 Å². The number of alkyl halides is 3. The Labute approximate surface area is 224 Å². The quantitative estimate of drug-likeness (QED) is 0.307. The first-order valence-corrected chi connectivity index (χ1v) is 12.6. The molecule has 2 aromatic heterocycles. The van der Waals surface area contributed by atoms with E-state index in [1.54, 1.807) is 11.8 Å². The lowest BCUT2D eigenvalue weighted by molar-refractivity contribution is -0.213. The number of fused-ring (bicyclic) bond motifs is 1. The van der Waals surface area contributed by atoms with Crippen LogP contribution >= 0.6 is 0 Å². The molecule has 0 saturated heterocycles. The molecular formula is C25H36F3N7O4. The van der Waals surface area contributed by atoms with Gasteiger partial charge in [-0.2, -0.15) is 13.2 Å². The summed E-state index contributed by atoms with van der Waals surface area (Å²) >= 11 is 0. The monoisotopic (exact) mass is 555 g/mol. The Morgan fingerprint density at radius 3 is 2.51 bits per heavy atom. The number of aromatic amines is 1. The maximum atomic E-state index is 12.4. The zero-order valence-corrected chi connectivity index (χ0v) is 22.6. The number of nitrogens with zero attached hydrogens (tertiary/aromatic N) is 4. The van der Waals surface area contributed by atoms with Crippen LogP contribution in [0.3, 0.4) is 0 Å². The predicted molar refractivity (Wildman–Crippen MR) is 138 cm³/mol. The molecule has 2 heterocycles. The average Bonchev–Trinajstić information content (AvgIpc) is 3.65. The maximum Gasteiger partial charge on any atom is 0.414 e. The van der Waals surface area contributed by atoms with E-state index in [1.807, 2.05) is 25.2 Å². The van der Waals surface area contributed by atoms with Crippen LogP contribution in [0.4, 0.5) is 13.2 Å². The molecule has 216 valence electrons. The third kappa shape index (κ3) is 11.4. The van der Waals surface area contributed by atoms with Gasteiger partial charge in [0.05, 0.1) is 17.6 Å². The van der Waals surface area contributed by atoms with Crippen LogP contribution < -0.4 is 10.6 Å². The Hall–Kier alpha value is -3.52. The van der Waals surface area contributed by atoms with E-state index in [0.29, 0.717) is 31.2 Å². The van der Waals surface area contributed by atoms with Gasteiger partial charge in [0.15, 0.2) is 11.8 Å². The smallest absolute Gasteiger partial charge is 0.369 e. The molecule has 1 atom stereocenters. The van der Waals surface area contributed by atoms with Crippen LogP contribution in [0, 0.1) is 6.92 Å². The van der Waals surface area contributed by atoms with Gasteiger partial charge >= 0.3 is 6.18 Å². The second-order valence-corrected chi connectivity index (χ2v) is 8.86. The summed E-state index contributed by atoms with van der Waals surface area (Å²) in [5, 5.41) is 12.2. The Balaban J connectivity index is 0.000000334. The van der Waals surface area contributed by atoms with E-state index >= 15 is 0 Å². The van der Waals surface area contributed by atoms with E-state index in [0.717, 1.165) is 29.9 Å². The third-order valence-corrected chi connectivity index (χ3v) is 5.40. The van der Waals surface area contributed by atoms with E-state index in [1.165, 1.54) is 26.3 Å². The second kappa shape index (κ2) is 15.8. The van der Waals surface area contributed by atoms with Crippen molar-refractivity contribution in [2.45, 2.75) is 58.4 Å². The standard InChI is InChI=1S/C17H23F3N4O2.C5H7N3O2.C3H6/c1-12(17(18,19)20)26-8-5-16-22-14-4-3-13(9-15(14)23-16)10-24(11-25)7-6-21-2;1-3-4(5(9)6-2)8-10-7-3;1-2-3-1/h3-4,9,11-12,21H,5-8,10H2,1-2H3,(H,22,23);1-2H3,(H,6,9);1-3H2. The molecule has 1 aromatic carbocycles. The van der Waals surface area contributed by atoms with Gasteiger partial charge in [-0.25, -0.2) is 9.61 Å². The van der Waals surface area contributed by atoms with Crippen LogP contribution in [0.15, 0.2) is 22.8 Å². The van der Waals surface area contributed by atoms with Crippen LogP contribution in [0.25, 0.3) is 11.0 Å². The Morgan fingerprint density at radius 1 is 1.26 bits per heavy atom. The number of rotatable bonds is 11. The molecular weight excluding hydrogens is 519 g/mol. The highest BCUT2D eigenvalue weighted by Crippen LogP contribution is 2.22. The van der Waals surface area contributed by atoms with Crippen molar-refractivity contribution in [2.24, 2.45) is 0 Å². The van der Waals surface area contributed by atoms with E-state index in [-0.39, 0.29) is 24.6 Å². The van der Waals surface area contributed by atoms with Gasteiger partial charge in [-0.1, -0.05) is 30.5 Å². The van der Waals surface area contributed by atoms with Crippen molar-refractivity contribution in [1.82, 2.24) is 35.8 Å². The van der Waals surface area contributed by atoms with Gasteiger partial charge in [0, 0.05) is 33.1 Å². The fourth-order valence-electron chi connectivity index (χ4n) is 2.97. The average molecular weight is 556 g/mol. The minimum atomic E-state index is -4.36. The lowest BCUT2D eigenvalue weighted by Gasteiger charge is -2.16. The van der Waals surface area contributed by atoms with E-state index in [2.05, 4.69) is 35.5 Å². The van der Waals surface area contributed by atoms with Crippen molar-refractivity contribution in [2.75, 3.05) is 33.8 Å². The highest BCUT2D eigenvalue weighted by atomic mass is 19.4. The van der Waals surface area contributed by atoms with Crippen LogP contribution in [0.2, 0.25) is 0 Å². The minimum Gasteiger partial charge on any atom is -0.369 e. The zero-order chi connectivity index (χ0) is 28.8. The molecule has 3 N–H and O–H groups in total. The SMILES string of the molecule is C1CC1.CNC(=O)c1nonc1C.CNCCN(C=O)Cc1ccc2nc(CCOC(C)C(F)(F)F)[nH]c2c1. The maximum absolute atomic E-state index is 12.4. The molecule has 1 unspecified atom stereocenters. The summed E-state index contributed by atoms with van der Waals surface area (Å²) in [6, 6.07) is 5.59. The molecule has 14 heteroatoms. The number of amides is 2. The number of aryl methyl sites for hydroxylation is 1. The van der Waals surface area contributed by atoms with Crippen LogP contribution in [0.5, 0.6) is 0 Å². The Morgan fingerprint density at radius 2 is 1.97 bits per heavy atom. The van der Waals surface area contributed by atoms with Gasteiger partial charge in [-0.3, -0.25) is 9.59 Å². The molecule has 0 bridgehead atoms. The van der Waals surface area contributed by atoms with Crippen molar-refractivity contribution in [3.63, 3.8) is 0 Å². The first-order valence-electron chi connectivity index (χ1n) is 12.6. The number of hydrogen-bond acceptors (Lipinski definition) is 8. The van der Waals surface area contributed by atoms with Crippen LogP contribution in [-0.4, -0.2) is 83.6 Å². The second-order valence-electron chi connectivity index (χ2n) is 8.86. The molecule has 4 rings (SSSR count). The Kier molecular flexibility index (Phi) is 12.8. The largest absolute Gasteiger partial charge is 0.414 e. The molecule has 2 amide bonds. The summed E-state index contributed by atoms with van der Waals surface area (Å²) in [6.07, 6.45) is -0.599. The number of ether oxygens (including phenoxy) is 1.